The lowest BCUT2D eigenvalue weighted by molar-refractivity contribution is -0.118. The van der Waals surface area contributed by atoms with Crippen LogP contribution in [0.3, 0.4) is 0 Å². The van der Waals surface area contributed by atoms with E-state index in [0.29, 0.717) is 5.92 Å². The standard InChI is InChI=1S/C17H21ClN4O/c1-12(13-4-3-5-14(18)8-13)9-19-16-6-7-22(17(16)23)15-10-20-21(2)11-15/h3-5,8,10-12,16,19H,6-7,9H2,1-2H3. The van der Waals surface area contributed by atoms with E-state index >= 15 is 0 Å². The van der Waals surface area contributed by atoms with Crippen molar-refractivity contribution in [3.63, 3.8) is 0 Å². The van der Waals surface area contributed by atoms with E-state index in [1.807, 2.05) is 31.4 Å². The zero-order chi connectivity index (χ0) is 16.4. The van der Waals surface area contributed by atoms with Gasteiger partial charge < -0.3 is 10.2 Å². The molecule has 2 aromatic rings. The molecule has 0 aliphatic carbocycles. The van der Waals surface area contributed by atoms with E-state index in [1.54, 1.807) is 15.8 Å². The van der Waals surface area contributed by atoms with E-state index in [2.05, 4.69) is 23.4 Å². The molecule has 1 aliphatic rings. The molecule has 122 valence electrons. The number of carbonyl (C=O) groups is 1. The number of rotatable bonds is 5. The van der Waals surface area contributed by atoms with Gasteiger partial charge in [-0.3, -0.25) is 9.48 Å². The number of nitrogens with one attached hydrogen (secondary N) is 1. The molecule has 5 nitrogen and oxygen atoms in total. The first-order valence-electron chi connectivity index (χ1n) is 7.83. The summed E-state index contributed by atoms with van der Waals surface area (Å²) < 4.78 is 1.71. The summed E-state index contributed by atoms with van der Waals surface area (Å²) in [6.45, 7) is 3.61. The highest BCUT2D eigenvalue weighted by molar-refractivity contribution is 6.30. The number of anilines is 1. The van der Waals surface area contributed by atoms with Gasteiger partial charge in [0.1, 0.15) is 0 Å². The summed E-state index contributed by atoms with van der Waals surface area (Å²) >= 11 is 6.04. The second-order valence-electron chi connectivity index (χ2n) is 6.07. The Labute approximate surface area is 141 Å². The van der Waals surface area contributed by atoms with E-state index in [-0.39, 0.29) is 11.9 Å². The van der Waals surface area contributed by atoms with Gasteiger partial charge in [-0.05, 0) is 30.0 Å². The summed E-state index contributed by atoms with van der Waals surface area (Å²) in [7, 11) is 1.85. The molecular weight excluding hydrogens is 312 g/mol. The molecule has 1 amide bonds. The van der Waals surface area contributed by atoms with Gasteiger partial charge in [-0.15, -0.1) is 0 Å². The van der Waals surface area contributed by atoms with Gasteiger partial charge in [0, 0.05) is 31.4 Å². The van der Waals surface area contributed by atoms with E-state index in [9.17, 15) is 4.79 Å². The zero-order valence-electron chi connectivity index (χ0n) is 13.4. The number of hydrogen-bond acceptors (Lipinski definition) is 3. The third kappa shape index (κ3) is 3.57. The largest absolute Gasteiger partial charge is 0.308 e. The normalized spacial score (nSPS) is 19.3. The highest BCUT2D eigenvalue weighted by atomic mass is 35.5. The van der Waals surface area contributed by atoms with Crippen molar-refractivity contribution in [3.8, 4) is 0 Å². The lowest BCUT2D eigenvalue weighted by Crippen LogP contribution is -2.39. The number of carbonyl (C=O) groups excluding carboxylic acids is 1. The van der Waals surface area contributed by atoms with Crippen LogP contribution in [0.25, 0.3) is 0 Å². The maximum absolute atomic E-state index is 12.5. The molecule has 2 atom stereocenters. The monoisotopic (exact) mass is 332 g/mol. The minimum atomic E-state index is -0.128. The molecule has 0 radical (unpaired) electrons. The van der Waals surface area contributed by atoms with E-state index in [4.69, 9.17) is 11.6 Å². The maximum Gasteiger partial charge on any atom is 0.244 e. The molecule has 1 fully saturated rings. The van der Waals surface area contributed by atoms with Crippen LogP contribution in [0.1, 0.15) is 24.8 Å². The first-order valence-corrected chi connectivity index (χ1v) is 8.21. The Bertz CT molecular complexity index is 699. The molecule has 3 rings (SSSR count). The molecular formula is C17H21ClN4O. The van der Waals surface area contributed by atoms with E-state index in [1.165, 1.54) is 5.56 Å². The third-order valence-corrected chi connectivity index (χ3v) is 4.53. The molecule has 1 aromatic heterocycles. The predicted molar refractivity (Wildman–Crippen MR) is 91.8 cm³/mol. The van der Waals surface area contributed by atoms with Crippen LogP contribution in [0.5, 0.6) is 0 Å². The lowest BCUT2D eigenvalue weighted by atomic mass is 10.0. The summed E-state index contributed by atoms with van der Waals surface area (Å²) in [6.07, 6.45) is 4.42. The minimum absolute atomic E-state index is 0.122. The van der Waals surface area contributed by atoms with Crippen LogP contribution < -0.4 is 10.2 Å². The number of amides is 1. The summed E-state index contributed by atoms with van der Waals surface area (Å²) in [4.78, 5) is 14.3. The number of nitrogens with zero attached hydrogens (tertiary/aromatic N) is 3. The van der Waals surface area contributed by atoms with Crippen LogP contribution in [0.2, 0.25) is 5.02 Å². The highest BCUT2D eigenvalue weighted by Crippen LogP contribution is 2.22. The summed E-state index contributed by atoms with van der Waals surface area (Å²) in [5.41, 5.74) is 2.05. The van der Waals surface area contributed by atoms with Crippen LogP contribution in [0.4, 0.5) is 5.69 Å². The molecule has 1 saturated heterocycles. The van der Waals surface area contributed by atoms with Crippen molar-refractivity contribution in [1.29, 1.82) is 0 Å². The SMILES string of the molecule is CC(CNC1CCN(c2cnn(C)c2)C1=O)c1cccc(Cl)c1. The fraction of sp³-hybridized carbons (Fsp3) is 0.412. The average Bonchev–Trinajstić information content (AvgIpc) is 3.11. The Hall–Kier alpha value is -1.85. The average molecular weight is 333 g/mol. The van der Waals surface area contributed by atoms with Crippen molar-refractivity contribution in [2.45, 2.75) is 25.3 Å². The molecule has 0 saturated carbocycles. The second kappa shape index (κ2) is 6.72. The van der Waals surface area contributed by atoms with Crippen molar-refractivity contribution in [3.05, 3.63) is 47.2 Å². The van der Waals surface area contributed by atoms with Gasteiger partial charge >= 0.3 is 0 Å². The first-order chi connectivity index (χ1) is 11.0. The molecule has 2 unspecified atom stereocenters. The Kier molecular flexibility index (Phi) is 4.68. The van der Waals surface area contributed by atoms with Crippen molar-refractivity contribution in [2.75, 3.05) is 18.0 Å². The molecule has 0 spiro atoms. The fourth-order valence-electron chi connectivity index (χ4n) is 2.92. The van der Waals surface area contributed by atoms with Gasteiger partial charge in [-0.1, -0.05) is 30.7 Å². The Morgan fingerprint density at radius 2 is 2.30 bits per heavy atom. The second-order valence-corrected chi connectivity index (χ2v) is 6.50. The van der Waals surface area contributed by atoms with Crippen molar-refractivity contribution < 1.29 is 4.79 Å². The quantitative estimate of drug-likeness (QED) is 0.915. The van der Waals surface area contributed by atoms with Gasteiger partial charge in [0.05, 0.1) is 17.9 Å². The van der Waals surface area contributed by atoms with Crippen LogP contribution >= 0.6 is 11.6 Å². The lowest BCUT2D eigenvalue weighted by Gasteiger charge is -2.18. The Balaban J connectivity index is 1.58. The third-order valence-electron chi connectivity index (χ3n) is 4.30. The summed E-state index contributed by atoms with van der Waals surface area (Å²) in [5.74, 6) is 0.422. The van der Waals surface area contributed by atoms with Crippen LogP contribution in [0.15, 0.2) is 36.7 Å². The van der Waals surface area contributed by atoms with E-state index < -0.39 is 0 Å². The highest BCUT2D eigenvalue weighted by Gasteiger charge is 2.32. The van der Waals surface area contributed by atoms with Crippen LogP contribution in [-0.4, -0.2) is 34.8 Å². The molecule has 1 aromatic carbocycles. The first kappa shape index (κ1) is 16.0. The Morgan fingerprint density at radius 1 is 1.48 bits per heavy atom. The fourth-order valence-corrected chi connectivity index (χ4v) is 3.12. The number of aryl methyl sites for hydroxylation is 1. The number of aromatic nitrogens is 2. The molecule has 1 aliphatic heterocycles. The smallest absolute Gasteiger partial charge is 0.244 e. The topological polar surface area (TPSA) is 50.2 Å². The van der Waals surface area contributed by atoms with E-state index in [0.717, 1.165) is 30.2 Å². The predicted octanol–water partition coefficient (Wildman–Crippen LogP) is 2.57. The molecule has 0 bridgehead atoms. The van der Waals surface area contributed by atoms with Crippen molar-refractivity contribution >= 4 is 23.2 Å². The van der Waals surface area contributed by atoms with Crippen molar-refractivity contribution in [1.82, 2.24) is 15.1 Å². The molecule has 1 N–H and O–H groups in total. The van der Waals surface area contributed by atoms with Gasteiger partial charge in [0.15, 0.2) is 0 Å². The van der Waals surface area contributed by atoms with Gasteiger partial charge in [0.25, 0.3) is 0 Å². The molecule has 2 heterocycles. The number of halogens is 1. The Morgan fingerprint density at radius 3 is 3.00 bits per heavy atom. The van der Waals surface area contributed by atoms with Gasteiger partial charge in [-0.2, -0.15) is 5.10 Å². The summed E-state index contributed by atoms with van der Waals surface area (Å²) in [5, 5.41) is 8.27. The van der Waals surface area contributed by atoms with Crippen LogP contribution in [-0.2, 0) is 11.8 Å². The molecule has 23 heavy (non-hydrogen) atoms. The number of hydrogen-bond donors (Lipinski definition) is 1. The van der Waals surface area contributed by atoms with Crippen LogP contribution in [0, 0.1) is 0 Å². The number of benzene rings is 1. The minimum Gasteiger partial charge on any atom is -0.308 e. The maximum atomic E-state index is 12.5. The van der Waals surface area contributed by atoms with Gasteiger partial charge in [0.2, 0.25) is 5.91 Å². The molecule has 6 heteroatoms. The summed E-state index contributed by atoms with van der Waals surface area (Å²) in [6, 6.07) is 7.75. The van der Waals surface area contributed by atoms with Gasteiger partial charge in [-0.25, -0.2) is 0 Å². The zero-order valence-corrected chi connectivity index (χ0v) is 14.1. The van der Waals surface area contributed by atoms with Crippen molar-refractivity contribution in [2.24, 2.45) is 7.05 Å².